The van der Waals surface area contributed by atoms with Crippen molar-refractivity contribution in [3.8, 4) is 11.5 Å². The van der Waals surface area contributed by atoms with Gasteiger partial charge in [-0.05, 0) is 24.1 Å². The number of nitrogens with zero attached hydrogens (tertiary/aromatic N) is 3. The van der Waals surface area contributed by atoms with E-state index in [1.54, 1.807) is 0 Å². The van der Waals surface area contributed by atoms with Gasteiger partial charge in [-0.15, -0.1) is 0 Å². The second-order valence-corrected chi connectivity index (χ2v) is 8.37. The first-order valence-corrected chi connectivity index (χ1v) is 11.3. The van der Waals surface area contributed by atoms with Crippen molar-refractivity contribution in [3.63, 3.8) is 0 Å². The summed E-state index contributed by atoms with van der Waals surface area (Å²) in [6, 6.07) is 5.59. The van der Waals surface area contributed by atoms with E-state index in [0.29, 0.717) is 24.7 Å². The Morgan fingerprint density at radius 1 is 1.19 bits per heavy atom. The lowest BCUT2D eigenvalue weighted by Gasteiger charge is -2.35. The minimum Gasteiger partial charge on any atom is -0.454 e. The van der Waals surface area contributed by atoms with Crippen molar-refractivity contribution in [1.82, 2.24) is 20.1 Å². The van der Waals surface area contributed by atoms with Gasteiger partial charge in [0.05, 0.1) is 12.6 Å². The Morgan fingerprint density at radius 2 is 1.97 bits per heavy atom. The number of unbranched alkanes of at least 4 members (excludes halogenated alkanes) is 1. The number of rotatable bonds is 10. The highest BCUT2D eigenvalue weighted by molar-refractivity contribution is 5.91. The van der Waals surface area contributed by atoms with Gasteiger partial charge < -0.3 is 24.3 Å². The number of aliphatic hydroxyl groups excluding tert-OH is 1. The fraction of sp³-hybridized carbons (Fsp3) is 0.565. The molecule has 1 amide bonds. The molecule has 0 spiro atoms. The van der Waals surface area contributed by atoms with Crippen LogP contribution in [0.5, 0.6) is 11.5 Å². The molecule has 32 heavy (non-hydrogen) atoms. The number of hydrogen-bond donors (Lipinski definition) is 2. The predicted molar refractivity (Wildman–Crippen MR) is 117 cm³/mol. The van der Waals surface area contributed by atoms with Crippen LogP contribution in [0.2, 0.25) is 0 Å². The second kappa shape index (κ2) is 10.8. The maximum atomic E-state index is 12.4. The number of aromatic nitrogens is 1. The number of fused-ring (bicyclic) bond motifs is 1. The van der Waals surface area contributed by atoms with Gasteiger partial charge in [0, 0.05) is 39.3 Å². The smallest absolute Gasteiger partial charge is 0.273 e. The van der Waals surface area contributed by atoms with E-state index in [4.69, 9.17) is 13.9 Å². The summed E-state index contributed by atoms with van der Waals surface area (Å²) >= 11 is 0. The van der Waals surface area contributed by atoms with Crippen LogP contribution >= 0.6 is 0 Å². The Morgan fingerprint density at radius 3 is 2.78 bits per heavy atom. The Balaban J connectivity index is 1.20. The summed E-state index contributed by atoms with van der Waals surface area (Å²) in [6.07, 6.45) is 4.21. The number of β-amino-alcohol motifs (C(OH)–C–C–N with tert-alkyl or cyclic N) is 1. The largest absolute Gasteiger partial charge is 0.454 e. The van der Waals surface area contributed by atoms with Gasteiger partial charge in [0.25, 0.3) is 5.91 Å². The zero-order chi connectivity index (χ0) is 22.3. The van der Waals surface area contributed by atoms with Crippen LogP contribution < -0.4 is 14.8 Å². The van der Waals surface area contributed by atoms with Crippen molar-refractivity contribution in [1.29, 1.82) is 0 Å². The highest BCUT2D eigenvalue weighted by atomic mass is 16.7. The molecule has 1 unspecified atom stereocenters. The average molecular weight is 445 g/mol. The van der Waals surface area contributed by atoms with Gasteiger partial charge in [0.2, 0.25) is 12.7 Å². The number of amides is 1. The van der Waals surface area contributed by atoms with E-state index in [9.17, 15) is 9.90 Å². The molecule has 1 atom stereocenters. The lowest BCUT2D eigenvalue weighted by atomic mass is 10.1. The zero-order valence-electron chi connectivity index (χ0n) is 18.6. The molecule has 0 bridgehead atoms. The molecule has 1 aromatic heterocycles. The summed E-state index contributed by atoms with van der Waals surface area (Å²) < 4.78 is 16.2. The number of nitrogens with one attached hydrogen (secondary N) is 1. The summed E-state index contributed by atoms with van der Waals surface area (Å²) in [4.78, 5) is 21.4. The van der Waals surface area contributed by atoms with Crippen molar-refractivity contribution in [2.24, 2.45) is 0 Å². The van der Waals surface area contributed by atoms with Crippen LogP contribution in [0.1, 0.15) is 48.1 Å². The molecule has 9 nitrogen and oxygen atoms in total. The summed E-state index contributed by atoms with van der Waals surface area (Å²) in [7, 11) is 0. The van der Waals surface area contributed by atoms with Gasteiger partial charge >= 0.3 is 0 Å². The first-order chi connectivity index (χ1) is 15.6. The normalized spacial score (nSPS) is 17.4. The number of carbonyl (C=O) groups is 1. The van der Waals surface area contributed by atoms with Crippen molar-refractivity contribution < 1.29 is 23.8 Å². The maximum Gasteiger partial charge on any atom is 0.273 e. The van der Waals surface area contributed by atoms with Crippen LogP contribution in [0.3, 0.4) is 0 Å². The third-order valence-electron chi connectivity index (χ3n) is 5.86. The molecule has 1 saturated heterocycles. The summed E-state index contributed by atoms with van der Waals surface area (Å²) in [6.45, 7) is 7.62. The first-order valence-electron chi connectivity index (χ1n) is 11.3. The Kier molecular flexibility index (Phi) is 7.62. The summed E-state index contributed by atoms with van der Waals surface area (Å²) in [5.41, 5.74) is 1.20. The van der Waals surface area contributed by atoms with E-state index in [1.807, 2.05) is 18.2 Å². The van der Waals surface area contributed by atoms with Gasteiger partial charge in [-0.2, -0.15) is 0 Å². The fourth-order valence-corrected chi connectivity index (χ4v) is 3.96. The molecular formula is C23H32N4O5. The monoisotopic (exact) mass is 444 g/mol. The number of carbonyl (C=O) groups excluding carboxylic acids is 1. The second-order valence-electron chi connectivity index (χ2n) is 8.37. The van der Waals surface area contributed by atoms with E-state index >= 15 is 0 Å². The molecule has 2 aromatic rings. The molecule has 2 N–H and O–H groups in total. The topological polar surface area (TPSA) is 100 Å². The number of hydrogen-bond acceptors (Lipinski definition) is 8. The Labute approximate surface area is 188 Å². The molecule has 1 fully saturated rings. The third kappa shape index (κ3) is 5.99. The molecule has 174 valence electrons. The van der Waals surface area contributed by atoms with Crippen molar-refractivity contribution >= 4 is 5.91 Å². The minimum atomic E-state index is -0.274. The molecule has 0 aliphatic carbocycles. The van der Waals surface area contributed by atoms with Crippen LogP contribution in [0.4, 0.5) is 0 Å². The SMILES string of the molecule is CCCCC(O)CN1CCN(Cc2nc(C(=O)NCc3ccc4c(c3)OCO4)co2)CC1. The van der Waals surface area contributed by atoms with E-state index in [0.717, 1.165) is 63.3 Å². The fourth-order valence-electron chi connectivity index (χ4n) is 3.96. The van der Waals surface area contributed by atoms with Crippen LogP contribution in [-0.4, -0.2) is 71.4 Å². The van der Waals surface area contributed by atoms with Gasteiger partial charge in [-0.3, -0.25) is 14.6 Å². The molecule has 2 aliphatic heterocycles. The number of oxazole rings is 1. The first kappa shape index (κ1) is 22.6. The molecule has 2 aliphatic rings. The molecule has 0 radical (unpaired) electrons. The highest BCUT2D eigenvalue weighted by Gasteiger charge is 2.21. The molecule has 0 saturated carbocycles. The van der Waals surface area contributed by atoms with Crippen LogP contribution in [-0.2, 0) is 13.1 Å². The Hall–Kier alpha value is -2.62. The van der Waals surface area contributed by atoms with Crippen molar-refractivity contribution in [2.45, 2.75) is 45.4 Å². The van der Waals surface area contributed by atoms with Gasteiger partial charge in [-0.1, -0.05) is 25.8 Å². The van der Waals surface area contributed by atoms with Crippen molar-refractivity contribution in [2.75, 3.05) is 39.5 Å². The lowest BCUT2D eigenvalue weighted by Crippen LogP contribution is -2.48. The Bertz CT molecular complexity index is 894. The minimum absolute atomic E-state index is 0.225. The van der Waals surface area contributed by atoms with E-state index in [-0.39, 0.29) is 24.5 Å². The quantitative estimate of drug-likeness (QED) is 0.574. The predicted octanol–water partition coefficient (Wildman–Crippen LogP) is 2.00. The summed E-state index contributed by atoms with van der Waals surface area (Å²) in [5.74, 6) is 1.67. The number of piperazine rings is 1. The number of benzene rings is 1. The highest BCUT2D eigenvalue weighted by Crippen LogP contribution is 2.32. The van der Waals surface area contributed by atoms with Crippen LogP contribution in [0.25, 0.3) is 0 Å². The van der Waals surface area contributed by atoms with Crippen LogP contribution in [0.15, 0.2) is 28.9 Å². The lowest BCUT2D eigenvalue weighted by molar-refractivity contribution is 0.0627. The van der Waals surface area contributed by atoms with E-state index in [2.05, 4.69) is 27.0 Å². The van der Waals surface area contributed by atoms with E-state index in [1.165, 1.54) is 6.26 Å². The number of aliphatic hydroxyl groups is 1. The molecule has 9 heteroatoms. The van der Waals surface area contributed by atoms with E-state index < -0.39 is 0 Å². The molecule has 4 rings (SSSR count). The summed E-state index contributed by atoms with van der Waals surface area (Å²) in [5, 5.41) is 13.0. The third-order valence-corrected chi connectivity index (χ3v) is 5.86. The molecule has 1 aromatic carbocycles. The average Bonchev–Trinajstić information content (AvgIpc) is 3.46. The van der Waals surface area contributed by atoms with Gasteiger partial charge in [0.15, 0.2) is 17.2 Å². The van der Waals surface area contributed by atoms with Crippen LogP contribution in [0, 0.1) is 0 Å². The van der Waals surface area contributed by atoms with Gasteiger partial charge in [0.1, 0.15) is 6.26 Å². The van der Waals surface area contributed by atoms with Crippen molar-refractivity contribution in [3.05, 3.63) is 41.6 Å². The van der Waals surface area contributed by atoms with Gasteiger partial charge in [-0.25, -0.2) is 4.98 Å². The zero-order valence-corrected chi connectivity index (χ0v) is 18.6. The number of ether oxygens (including phenoxy) is 2. The molecular weight excluding hydrogens is 412 g/mol. The maximum absolute atomic E-state index is 12.4. The molecule has 3 heterocycles. The standard InChI is InChI=1S/C23H32N4O5/c1-2-3-4-18(28)13-26-7-9-27(10-8-26)14-22-25-19(15-30-22)23(29)24-12-17-5-6-20-21(11-17)32-16-31-20/h5-6,11,15,18,28H,2-4,7-10,12-14,16H2,1H3,(H,24,29).